The number of aromatic nitrogens is 1. The SMILES string of the molecule is Cc1ccc(NC(=O)C(=O)NC2CCCCC2)nc1. The zero-order valence-electron chi connectivity index (χ0n) is 11.1. The van der Waals surface area contributed by atoms with E-state index in [0.717, 1.165) is 31.2 Å². The first-order chi connectivity index (χ1) is 9.15. The van der Waals surface area contributed by atoms with Crippen molar-refractivity contribution in [3.8, 4) is 0 Å². The van der Waals surface area contributed by atoms with Crippen molar-refractivity contribution in [2.24, 2.45) is 0 Å². The second-order valence-corrected chi connectivity index (χ2v) is 4.98. The van der Waals surface area contributed by atoms with Crippen LogP contribution in [0.5, 0.6) is 0 Å². The van der Waals surface area contributed by atoms with E-state index in [9.17, 15) is 9.59 Å². The van der Waals surface area contributed by atoms with Gasteiger partial charge in [0.15, 0.2) is 0 Å². The Kier molecular flexibility index (Phi) is 4.49. The van der Waals surface area contributed by atoms with E-state index in [2.05, 4.69) is 15.6 Å². The van der Waals surface area contributed by atoms with Gasteiger partial charge in [0.05, 0.1) is 0 Å². The second kappa shape index (κ2) is 6.31. The Hall–Kier alpha value is -1.91. The van der Waals surface area contributed by atoms with Crippen LogP contribution in [-0.2, 0) is 9.59 Å². The molecule has 5 heteroatoms. The Labute approximate surface area is 112 Å². The first kappa shape index (κ1) is 13.5. The number of carbonyl (C=O) groups excluding carboxylic acids is 2. The highest BCUT2D eigenvalue weighted by molar-refractivity contribution is 6.39. The molecule has 0 atom stereocenters. The second-order valence-electron chi connectivity index (χ2n) is 4.98. The summed E-state index contributed by atoms with van der Waals surface area (Å²) in [6.45, 7) is 1.91. The third-order valence-electron chi connectivity index (χ3n) is 3.30. The van der Waals surface area contributed by atoms with Crippen molar-refractivity contribution in [1.82, 2.24) is 10.3 Å². The average Bonchev–Trinajstić information content (AvgIpc) is 2.42. The van der Waals surface area contributed by atoms with E-state index in [4.69, 9.17) is 0 Å². The molecule has 1 aliphatic rings. The molecule has 0 bridgehead atoms. The highest BCUT2D eigenvalue weighted by Gasteiger charge is 2.20. The molecule has 1 heterocycles. The lowest BCUT2D eigenvalue weighted by Gasteiger charge is -2.22. The summed E-state index contributed by atoms with van der Waals surface area (Å²) in [6, 6.07) is 3.65. The number of rotatable bonds is 2. The quantitative estimate of drug-likeness (QED) is 0.797. The number of hydrogen-bond acceptors (Lipinski definition) is 3. The Morgan fingerprint density at radius 1 is 1.16 bits per heavy atom. The topological polar surface area (TPSA) is 71.1 Å². The van der Waals surface area contributed by atoms with E-state index in [0.29, 0.717) is 5.82 Å². The van der Waals surface area contributed by atoms with Gasteiger partial charge < -0.3 is 10.6 Å². The van der Waals surface area contributed by atoms with Gasteiger partial charge in [0.2, 0.25) is 0 Å². The minimum absolute atomic E-state index is 0.137. The van der Waals surface area contributed by atoms with Crippen molar-refractivity contribution in [1.29, 1.82) is 0 Å². The van der Waals surface area contributed by atoms with Crippen LogP contribution in [0.3, 0.4) is 0 Å². The van der Waals surface area contributed by atoms with Gasteiger partial charge in [0.1, 0.15) is 5.82 Å². The molecule has 0 unspecified atom stereocenters. The lowest BCUT2D eigenvalue weighted by Crippen LogP contribution is -2.42. The summed E-state index contributed by atoms with van der Waals surface area (Å²) in [7, 11) is 0. The average molecular weight is 261 g/mol. The van der Waals surface area contributed by atoms with Gasteiger partial charge in [-0.25, -0.2) is 4.98 Å². The normalized spacial score (nSPS) is 15.8. The van der Waals surface area contributed by atoms with Crippen LogP contribution in [0.25, 0.3) is 0 Å². The van der Waals surface area contributed by atoms with Crippen molar-refractivity contribution >= 4 is 17.6 Å². The highest BCUT2D eigenvalue weighted by atomic mass is 16.2. The molecule has 1 aromatic rings. The number of hydrogen-bond donors (Lipinski definition) is 2. The van der Waals surface area contributed by atoms with Crippen LogP contribution in [0.2, 0.25) is 0 Å². The third kappa shape index (κ3) is 4.05. The molecule has 0 radical (unpaired) electrons. The molecule has 1 aromatic heterocycles. The zero-order chi connectivity index (χ0) is 13.7. The number of nitrogens with one attached hydrogen (secondary N) is 2. The molecule has 19 heavy (non-hydrogen) atoms. The van der Waals surface area contributed by atoms with Gasteiger partial charge in [0.25, 0.3) is 0 Å². The molecule has 0 saturated heterocycles. The van der Waals surface area contributed by atoms with Gasteiger partial charge in [-0.05, 0) is 31.4 Å². The maximum Gasteiger partial charge on any atom is 0.314 e. The fraction of sp³-hybridized carbons (Fsp3) is 0.500. The fourth-order valence-electron chi connectivity index (χ4n) is 2.21. The van der Waals surface area contributed by atoms with Gasteiger partial charge in [-0.1, -0.05) is 25.3 Å². The Morgan fingerprint density at radius 3 is 2.53 bits per heavy atom. The summed E-state index contributed by atoms with van der Waals surface area (Å²) in [5.41, 5.74) is 1.00. The van der Waals surface area contributed by atoms with E-state index < -0.39 is 11.8 Å². The number of aryl methyl sites for hydroxylation is 1. The van der Waals surface area contributed by atoms with Gasteiger partial charge in [-0.15, -0.1) is 0 Å². The smallest absolute Gasteiger partial charge is 0.314 e. The maximum atomic E-state index is 11.7. The predicted octanol–water partition coefficient (Wildman–Crippen LogP) is 1.78. The van der Waals surface area contributed by atoms with Crippen molar-refractivity contribution in [2.75, 3.05) is 5.32 Å². The molecule has 1 fully saturated rings. The molecule has 2 rings (SSSR count). The Morgan fingerprint density at radius 2 is 1.89 bits per heavy atom. The van der Waals surface area contributed by atoms with Crippen molar-refractivity contribution < 1.29 is 9.59 Å². The van der Waals surface area contributed by atoms with Crippen LogP contribution < -0.4 is 10.6 Å². The van der Waals surface area contributed by atoms with Gasteiger partial charge >= 0.3 is 11.8 Å². The summed E-state index contributed by atoms with van der Waals surface area (Å²) >= 11 is 0. The molecule has 102 valence electrons. The van der Waals surface area contributed by atoms with Crippen LogP contribution in [0, 0.1) is 6.92 Å². The Bertz CT molecular complexity index is 450. The molecular formula is C14H19N3O2. The Balaban J connectivity index is 1.84. The molecule has 1 saturated carbocycles. The minimum atomic E-state index is -0.651. The summed E-state index contributed by atoms with van der Waals surface area (Å²) in [5.74, 6) is -0.828. The predicted molar refractivity (Wildman–Crippen MR) is 72.6 cm³/mol. The summed E-state index contributed by atoms with van der Waals surface area (Å²) in [4.78, 5) is 27.5. The first-order valence-electron chi connectivity index (χ1n) is 6.69. The van der Waals surface area contributed by atoms with Crippen LogP contribution in [0.15, 0.2) is 18.3 Å². The molecule has 0 spiro atoms. The molecule has 0 aliphatic heterocycles. The zero-order valence-corrected chi connectivity index (χ0v) is 11.1. The largest absolute Gasteiger partial charge is 0.345 e. The number of anilines is 1. The monoisotopic (exact) mass is 261 g/mol. The highest BCUT2D eigenvalue weighted by Crippen LogP contribution is 2.17. The first-order valence-corrected chi connectivity index (χ1v) is 6.69. The third-order valence-corrected chi connectivity index (χ3v) is 3.30. The van der Waals surface area contributed by atoms with E-state index in [1.54, 1.807) is 12.3 Å². The van der Waals surface area contributed by atoms with E-state index >= 15 is 0 Å². The molecule has 2 amide bonds. The van der Waals surface area contributed by atoms with E-state index in [1.165, 1.54) is 6.42 Å². The number of pyridine rings is 1. The summed E-state index contributed by atoms with van der Waals surface area (Å²) < 4.78 is 0. The summed E-state index contributed by atoms with van der Waals surface area (Å²) in [6.07, 6.45) is 7.02. The van der Waals surface area contributed by atoms with Gasteiger partial charge in [0, 0.05) is 12.2 Å². The lowest BCUT2D eigenvalue weighted by molar-refractivity contribution is -0.136. The van der Waals surface area contributed by atoms with Crippen molar-refractivity contribution in [2.45, 2.75) is 45.1 Å². The molecule has 1 aliphatic carbocycles. The molecular weight excluding hydrogens is 242 g/mol. The fourth-order valence-corrected chi connectivity index (χ4v) is 2.21. The van der Waals surface area contributed by atoms with Gasteiger partial charge in [-0.2, -0.15) is 0 Å². The number of carbonyl (C=O) groups is 2. The van der Waals surface area contributed by atoms with Crippen LogP contribution in [-0.4, -0.2) is 22.8 Å². The van der Waals surface area contributed by atoms with Crippen LogP contribution in [0.4, 0.5) is 5.82 Å². The minimum Gasteiger partial charge on any atom is -0.345 e. The van der Waals surface area contributed by atoms with Gasteiger partial charge in [-0.3, -0.25) is 9.59 Å². The van der Waals surface area contributed by atoms with Crippen LogP contribution in [0.1, 0.15) is 37.7 Å². The van der Waals surface area contributed by atoms with Crippen molar-refractivity contribution in [3.63, 3.8) is 0 Å². The lowest BCUT2D eigenvalue weighted by atomic mass is 9.95. The van der Waals surface area contributed by atoms with Crippen molar-refractivity contribution in [3.05, 3.63) is 23.9 Å². The molecule has 0 aromatic carbocycles. The van der Waals surface area contributed by atoms with Crippen LogP contribution >= 0.6 is 0 Å². The number of nitrogens with zero attached hydrogens (tertiary/aromatic N) is 1. The molecule has 5 nitrogen and oxygen atoms in total. The molecule has 2 N–H and O–H groups in total. The maximum absolute atomic E-state index is 11.7. The van der Waals surface area contributed by atoms with E-state index in [-0.39, 0.29) is 6.04 Å². The van der Waals surface area contributed by atoms with E-state index in [1.807, 2.05) is 13.0 Å². The number of amides is 2. The summed E-state index contributed by atoms with van der Waals surface area (Å²) in [5, 5.41) is 5.27. The standard InChI is InChI=1S/C14H19N3O2/c1-10-7-8-12(15-9-10)17-14(19)13(18)16-11-5-3-2-4-6-11/h7-9,11H,2-6H2,1H3,(H,16,18)(H,15,17,19).